The van der Waals surface area contributed by atoms with E-state index < -0.39 is 11.0 Å². The average Bonchev–Trinajstić information content (AvgIpc) is 2.46. The Hall–Kier alpha value is -2.04. The van der Waals surface area contributed by atoms with E-state index in [9.17, 15) is 4.79 Å². The van der Waals surface area contributed by atoms with Crippen molar-refractivity contribution in [2.45, 2.75) is 45.1 Å². The molecule has 0 spiro atoms. The Kier molecular flexibility index (Phi) is 4.76. The van der Waals surface area contributed by atoms with Gasteiger partial charge >= 0.3 is 0 Å². The van der Waals surface area contributed by atoms with Crippen LogP contribution >= 0.6 is 0 Å². The first-order chi connectivity index (χ1) is 9.28. The van der Waals surface area contributed by atoms with Gasteiger partial charge < -0.3 is 16.3 Å². The number of nitrogens with one attached hydrogen (secondary N) is 1. The van der Waals surface area contributed by atoms with Crippen LogP contribution < -0.4 is 11.1 Å². The third-order valence-corrected chi connectivity index (χ3v) is 3.83. The summed E-state index contributed by atoms with van der Waals surface area (Å²) in [6.07, 6.45) is 0.527. The highest BCUT2D eigenvalue weighted by molar-refractivity contribution is 5.96. The van der Waals surface area contributed by atoms with Crippen molar-refractivity contribution in [1.82, 2.24) is 5.32 Å². The van der Waals surface area contributed by atoms with Crippen LogP contribution in [0.2, 0.25) is 0 Å². The van der Waals surface area contributed by atoms with E-state index in [0.717, 1.165) is 5.56 Å². The molecule has 5 nitrogen and oxygen atoms in total. The lowest BCUT2D eigenvalue weighted by Crippen LogP contribution is -2.58. The zero-order valence-electron chi connectivity index (χ0n) is 12.5. The molecule has 5 heteroatoms. The summed E-state index contributed by atoms with van der Waals surface area (Å²) in [7, 11) is 0. The fourth-order valence-electron chi connectivity index (χ4n) is 1.84. The number of carbonyl (C=O) groups excluding carboxylic acids is 1. The van der Waals surface area contributed by atoms with Gasteiger partial charge in [-0.15, -0.1) is 0 Å². The van der Waals surface area contributed by atoms with Crippen LogP contribution in [-0.4, -0.2) is 22.5 Å². The van der Waals surface area contributed by atoms with Crippen molar-refractivity contribution in [3.8, 4) is 0 Å². The minimum atomic E-state index is -0.863. The minimum Gasteiger partial charge on any atom is -0.409 e. The SMILES string of the molecule is CCC(C)(NC(=O)C(C)(C)c1ccccc1)/C(N)=N/O. The Bertz CT molecular complexity index is 497. The lowest BCUT2D eigenvalue weighted by atomic mass is 9.82. The van der Waals surface area contributed by atoms with Gasteiger partial charge in [0, 0.05) is 0 Å². The van der Waals surface area contributed by atoms with Crippen LogP contribution in [0.5, 0.6) is 0 Å². The zero-order valence-corrected chi connectivity index (χ0v) is 12.5. The van der Waals surface area contributed by atoms with E-state index in [1.165, 1.54) is 0 Å². The Morgan fingerprint density at radius 2 is 1.85 bits per heavy atom. The second-order valence-corrected chi connectivity index (χ2v) is 5.62. The predicted molar refractivity (Wildman–Crippen MR) is 79.7 cm³/mol. The van der Waals surface area contributed by atoms with Crippen molar-refractivity contribution >= 4 is 11.7 Å². The second kappa shape index (κ2) is 5.94. The van der Waals surface area contributed by atoms with Gasteiger partial charge in [-0.3, -0.25) is 4.79 Å². The van der Waals surface area contributed by atoms with Crippen molar-refractivity contribution in [2.24, 2.45) is 10.9 Å². The summed E-state index contributed by atoms with van der Waals surface area (Å²) in [6, 6.07) is 9.52. The fourth-order valence-corrected chi connectivity index (χ4v) is 1.84. The molecule has 0 bridgehead atoms. The Morgan fingerprint density at radius 1 is 1.30 bits per heavy atom. The molecule has 1 unspecified atom stereocenters. The van der Waals surface area contributed by atoms with E-state index >= 15 is 0 Å². The largest absolute Gasteiger partial charge is 0.409 e. The van der Waals surface area contributed by atoms with Gasteiger partial charge in [0.15, 0.2) is 5.84 Å². The number of hydrogen-bond acceptors (Lipinski definition) is 3. The van der Waals surface area contributed by atoms with Crippen molar-refractivity contribution in [3.05, 3.63) is 35.9 Å². The number of hydrogen-bond donors (Lipinski definition) is 3. The summed E-state index contributed by atoms with van der Waals surface area (Å²) in [6.45, 7) is 7.30. The number of rotatable bonds is 5. The summed E-state index contributed by atoms with van der Waals surface area (Å²) in [5.41, 5.74) is 5.03. The van der Waals surface area contributed by atoms with Crippen molar-refractivity contribution in [3.63, 3.8) is 0 Å². The molecule has 0 aliphatic carbocycles. The first-order valence-corrected chi connectivity index (χ1v) is 6.64. The number of benzene rings is 1. The number of oxime groups is 1. The van der Waals surface area contributed by atoms with E-state index in [0.29, 0.717) is 6.42 Å². The molecule has 20 heavy (non-hydrogen) atoms. The van der Waals surface area contributed by atoms with E-state index in [4.69, 9.17) is 10.9 Å². The number of carbonyl (C=O) groups is 1. The van der Waals surface area contributed by atoms with Crippen LogP contribution in [0.4, 0.5) is 0 Å². The van der Waals surface area contributed by atoms with Gasteiger partial charge in [0.25, 0.3) is 0 Å². The highest BCUT2D eigenvalue weighted by Crippen LogP contribution is 2.24. The molecular formula is C15H23N3O2. The summed E-state index contributed by atoms with van der Waals surface area (Å²) in [5, 5.41) is 14.7. The lowest BCUT2D eigenvalue weighted by Gasteiger charge is -2.33. The van der Waals surface area contributed by atoms with Gasteiger partial charge in [0.2, 0.25) is 5.91 Å². The molecule has 0 radical (unpaired) electrons. The maximum absolute atomic E-state index is 12.6. The highest BCUT2D eigenvalue weighted by atomic mass is 16.4. The van der Waals surface area contributed by atoms with Crippen LogP contribution in [0.15, 0.2) is 35.5 Å². The topological polar surface area (TPSA) is 87.7 Å². The number of nitrogens with zero attached hydrogens (tertiary/aromatic N) is 1. The van der Waals surface area contributed by atoms with Gasteiger partial charge in [0.1, 0.15) is 0 Å². The normalized spacial score (nSPS) is 15.5. The molecule has 0 aliphatic rings. The van der Waals surface area contributed by atoms with Crippen LogP contribution in [0.1, 0.15) is 39.7 Å². The maximum atomic E-state index is 12.6. The molecule has 1 aromatic rings. The Morgan fingerprint density at radius 3 is 2.30 bits per heavy atom. The summed E-state index contributed by atoms with van der Waals surface area (Å²) in [5.74, 6) is -0.170. The predicted octanol–water partition coefficient (Wildman–Crippen LogP) is 2.00. The standard InChI is InChI=1S/C15H23N3O2/c1-5-15(4,12(16)18-20)17-13(19)14(2,3)11-9-7-6-8-10-11/h6-10,20H,5H2,1-4H3,(H2,16,18)(H,17,19). The van der Waals surface area contributed by atoms with E-state index in [-0.39, 0.29) is 11.7 Å². The summed E-state index contributed by atoms with van der Waals surface area (Å²) >= 11 is 0. The quantitative estimate of drug-likeness (QED) is 0.333. The molecule has 110 valence electrons. The van der Waals surface area contributed by atoms with E-state index in [1.807, 2.05) is 51.1 Å². The Balaban J connectivity index is 3.01. The second-order valence-electron chi connectivity index (χ2n) is 5.62. The molecular weight excluding hydrogens is 254 g/mol. The molecule has 1 rings (SSSR count). The van der Waals surface area contributed by atoms with Gasteiger partial charge in [-0.1, -0.05) is 42.4 Å². The number of amides is 1. The fraction of sp³-hybridized carbons (Fsp3) is 0.467. The zero-order chi connectivity index (χ0) is 15.4. The smallest absolute Gasteiger partial charge is 0.230 e. The molecule has 0 aliphatic heterocycles. The van der Waals surface area contributed by atoms with Crippen molar-refractivity contribution in [2.75, 3.05) is 0 Å². The lowest BCUT2D eigenvalue weighted by molar-refractivity contribution is -0.126. The molecule has 0 fully saturated rings. The van der Waals surface area contributed by atoms with Gasteiger partial charge in [-0.25, -0.2) is 0 Å². The molecule has 1 amide bonds. The van der Waals surface area contributed by atoms with E-state index in [2.05, 4.69) is 10.5 Å². The number of amidine groups is 1. The molecule has 0 heterocycles. The first-order valence-electron chi connectivity index (χ1n) is 6.64. The highest BCUT2D eigenvalue weighted by Gasteiger charge is 2.36. The van der Waals surface area contributed by atoms with Gasteiger partial charge in [-0.05, 0) is 32.8 Å². The van der Waals surface area contributed by atoms with Crippen LogP contribution in [-0.2, 0) is 10.2 Å². The summed E-state index contributed by atoms with van der Waals surface area (Å²) < 4.78 is 0. The van der Waals surface area contributed by atoms with Crippen molar-refractivity contribution in [1.29, 1.82) is 0 Å². The third kappa shape index (κ3) is 3.10. The van der Waals surface area contributed by atoms with Crippen LogP contribution in [0, 0.1) is 0 Å². The average molecular weight is 277 g/mol. The minimum absolute atomic E-state index is 0.00258. The van der Waals surface area contributed by atoms with E-state index in [1.54, 1.807) is 6.92 Å². The molecule has 4 N–H and O–H groups in total. The Labute approximate surface area is 119 Å². The molecule has 0 aromatic heterocycles. The maximum Gasteiger partial charge on any atom is 0.230 e. The number of nitrogens with two attached hydrogens (primary N) is 1. The van der Waals surface area contributed by atoms with Gasteiger partial charge in [0.05, 0.1) is 11.0 Å². The molecule has 0 saturated heterocycles. The first kappa shape index (κ1) is 16.0. The summed E-state index contributed by atoms with van der Waals surface area (Å²) in [4.78, 5) is 12.6. The van der Waals surface area contributed by atoms with Crippen LogP contribution in [0.25, 0.3) is 0 Å². The third-order valence-electron chi connectivity index (χ3n) is 3.83. The van der Waals surface area contributed by atoms with Crippen LogP contribution in [0.3, 0.4) is 0 Å². The monoisotopic (exact) mass is 277 g/mol. The molecule has 1 atom stereocenters. The molecule has 0 saturated carbocycles. The van der Waals surface area contributed by atoms with Crippen molar-refractivity contribution < 1.29 is 10.0 Å². The molecule has 1 aromatic carbocycles. The van der Waals surface area contributed by atoms with Gasteiger partial charge in [-0.2, -0.15) is 0 Å².